The largest absolute Gasteiger partial charge is 0.456 e. The molecule has 2 bridgehead atoms. The Bertz CT molecular complexity index is 3750. The van der Waals surface area contributed by atoms with Crippen LogP contribution in [0.4, 0.5) is 17.1 Å². The van der Waals surface area contributed by atoms with Crippen molar-refractivity contribution in [3.05, 3.63) is 248 Å². The third-order valence-electron chi connectivity index (χ3n) is 16.0. The van der Waals surface area contributed by atoms with Gasteiger partial charge in [-0.05, 0) is 158 Å². The highest BCUT2D eigenvalue weighted by atomic mass is 16.3. The first-order valence-corrected chi connectivity index (χ1v) is 24.7. The van der Waals surface area contributed by atoms with Gasteiger partial charge in [-0.15, -0.1) is 0 Å². The minimum atomic E-state index is 0.146. The van der Waals surface area contributed by atoms with E-state index in [4.69, 9.17) is 4.42 Å². The van der Waals surface area contributed by atoms with Crippen LogP contribution in [0.25, 0.3) is 88.7 Å². The van der Waals surface area contributed by atoms with Gasteiger partial charge in [-0.1, -0.05) is 188 Å². The number of para-hydroxylation sites is 2. The van der Waals surface area contributed by atoms with Gasteiger partial charge < -0.3 is 9.32 Å². The van der Waals surface area contributed by atoms with Crippen LogP contribution in [0.5, 0.6) is 0 Å². The van der Waals surface area contributed by atoms with E-state index in [1.807, 2.05) is 12.1 Å². The molecule has 11 aromatic rings. The van der Waals surface area contributed by atoms with E-state index in [9.17, 15) is 0 Å². The number of furan rings is 1. The van der Waals surface area contributed by atoms with Crippen molar-refractivity contribution in [2.45, 2.75) is 31.1 Å². The van der Waals surface area contributed by atoms with Gasteiger partial charge in [0.2, 0.25) is 0 Å². The van der Waals surface area contributed by atoms with E-state index in [-0.39, 0.29) is 5.41 Å². The number of rotatable bonds is 8. The van der Waals surface area contributed by atoms with Crippen LogP contribution >= 0.6 is 0 Å². The summed E-state index contributed by atoms with van der Waals surface area (Å²) in [6.07, 6.45) is 5.38. The van der Waals surface area contributed by atoms with Crippen LogP contribution < -0.4 is 4.90 Å². The third kappa shape index (κ3) is 6.39. The molecule has 3 unspecified atom stereocenters. The number of benzene rings is 10. The lowest BCUT2D eigenvalue weighted by Crippen LogP contribution is -2.31. The van der Waals surface area contributed by atoms with Crippen LogP contribution in [0, 0.1) is 11.8 Å². The van der Waals surface area contributed by atoms with E-state index in [0.29, 0.717) is 0 Å². The third-order valence-corrected chi connectivity index (χ3v) is 16.0. The fraction of sp³-hybridized carbons (Fsp3) is 0.104. The molecule has 1 heterocycles. The maximum absolute atomic E-state index is 6.20. The molecular weight excluding hydrogens is 835 g/mol. The molecule has 0 radical (unpaired) electrons. The molecular formula is C67H49NO. The summed E-state index contributed by atoms with van der Waals surface area (Å²) in [6, 6.07) is 87.2. The Labute approximate surface area is 403 Å². The topological polar surface area (TPSA) is 16.4 Å². The summed E-state index contributed by atoms with van der Waals surface area (Å²) in [5.74, 6) is 1.57. The Morgan fingerprint density at radius 1 is 0.362 bits per heavy atom. The van der Waals surface area contributed by atoms with E-state index >= 15 is 0 Å². The van der Waals surface area contributed by atoms with Crippen molar-refractivity contribution in [1.29, 1.82) is 0 Å². The molecule has 2 fully saturated rings. The molecule has 0 N–H and O–H groups in total. The number of hydrogen-bond donors (Lipinski definition) is 0. The monoisotopic (exact) mass is 883 g/mol. The number of hydrogen-bond acceptors (Lipinski definition) is 2. The van der Waals surface area contributed by atoms with Crippen LogP contribution in [0.3, 0.4) is 0 Å². The zero-order chi connectivity index (χ0) is 45.5. The second-order valence-corrected chi connectivity index (χ2v) is 19.6. The zero-order valence-corrected chi connectivity index (χ0v) is 38.4. The molecule has 69 heavy (non-hydrogen) atoms. The molecule has 1 spiro atoms. The smallest absolute Gasteiger partial charge is 0.135 e. The predicted octanol–water partition coefficient (Wildman–Crippen LogP) is 18.5. The SMILES string of the molecule is c1ccc(-c2ccccc2-c2ccccc2-c2ccccc2N(c2ccc(-c3ccc4c(c3)C3(CC5CCC3C5)c3ccccc3-4)cc2)c2ccc(-c3ccc4oc5ccccc5c4c3)cc2)cc1. The molecule has 0 amide bonds. The fourth-order valence-corrected chi connectivity index (χ4v) is 12.9. The fourth-order valence-electron chi connectivity index (χ4n) is 12.9. The zero-order valence-electron chi connectivity index (χ0n) is 38.4. The normalized spacial score (nSPS) is 17.7. The maximum Gasteiger partial charge on any atom is 0.135 e. The predicted molar refractivity (Wildman–Crippen MR) is 287 cm³/mol. The van der Waals surface area contributed by atoms with Crippen molar-refractivity contribution < 1.29 is 4.42 Å². The van der Waals surface area contributed by atoms with Crippen molar-refractivity contribution >= 4 is 39.0 Å². The molecule has 3 aliphatic rings. The maximum atomic E-state index is 6.20. The number of anilines is 3. The molecule has 1 aromatic heterocycles. The van der Waals surface area contributed by atoms with Gasteiger partial charge in [-0.2, -0.15) is 0 Å². The Morgan fingerprint density at radius 3 is 1.61 bits per heavy atom. The number of nitrogens with zero attached hydrogens (tertiary/aromatic N) is 1. The Hall–Kier alpha value is -8.20. The molecule has 2 saturated carbocycles. The van der Waals surface area contributed by atoms with Crippen molar-refractivity contribution in [3.63, 3.8) is 0 Å². The van der Waals surface area contributed by atoms with Crippen molar-refractivity contribution in [3.8, 4) is 66.8 Å². The van der Waals surface area contributed by atoms with E-state index in [1.54, 1.807) is 11.1 Å². The molecule has 2 heteroatoms. The molecule has 328 valence electrons. The average Bonchev–Trinajstić information content (AvgIpc) is 4.21. The quantitative estimate of drug-likeness (QED) is 0.151. The molecule has 3 atom stereocenters. The molecule has 0 aliphatic heterocycles. The van der Waals surface area contributed by atoms with Crippen LogP contribution in [-0.4, -0.2) is 0 Å². The molecule has 14 rings (SSSR count). The first kappa shape index (κ1) is 39.9. The standard InChI is InChI=1S/C67H49NO/c1-2-14-47(15-3-1)53-16-4-5-17-54(53)55-18-6-7-19-56(55)59-21-9-12-24-64(59)68(51-34-27-45(28-35-51)48-32-39-66-61(41-48)60-22-10-13-25-65(60)69-66)52-36-29-46(30-37-52)49-31-38-58-57-20-8-11-23-62(57)67(63(58)42-49)43-44-26-33-50(67)40-44/h1-25,27-32,34-39,41-42,44,50H,26,33,40,43H2. The van der Waals surface area contributed by atoms with E-state index in [1.165, 1.54) is 75.8 Å². The first-order valence-electron chi connectivity index (χ1n) is 24.7. The highest BCUT2D eigenvalue weighted by Crippen LogP contribution is 2.66. The Balaban J connectivity index is 0.890. The molecule has 2 nitrogen and oxygen atoms in total. The minimum Gasteiger partial charge on any atom is -0.456 e. The summed E-state index contributed by atoms with van der Waals surface area (Å²) in [4.78, 5) is 2.44. The van der Waals surface area contributed by atoms with Gasteiger partial charge in [0.1, 0.15) is 11.2 Å². The van der Waals surface area contributed by atoms with Gasteiger partial charge in [0, 0.05) is 33.1 Å². The Morgan fingerprint density at radius 2 is 0.899 bits per heavy atom. The highest BCUT2D eigenvalue weighted by Gasteiger charge is 2.56. The lowest BCUT2D eigenvalue weighted by molar-refractivity contribution is 0.327. The number of fused-ring (bicyclic) bond motifs is 11. The second kappa shape index (κ2) is 16.0. The van der Waals surface area contributed by atoms with Crippen LogP contribution in [0.15, 0.2) is 241 Å². The summed E-state index contributed by atoms with van der Waals surface area (Å²) >= 11 is 0. The van der Waals surface area contributed by atoms with E-state index in [0.717, 1.165) is 67.5 Å². The summed E-state index contributed by atoms with van der Waals surface area (Å²) in [6.45, 7) is 0. The first-order chi connectivity index (χ1) is 34.2. The van der Waals surface area contributed by atoms with Crippen LogP contribution in [0.2, 0.25) is 0 Å². The van der Waals surface area contributed by atoms with Gasteiger partial charge in [-0.3, -0.25) is 0 Å². The summed E-state index contributed by atoms with van der Waals surface area (Å²) < 4.78 is 6.20. The summed E-state index contributed by atoms with van der Waals surface area (Å²) in [7, 11) is 0. The highest BCUT2D eigenvalue weighted by molar-refractivity contribution is 6.06. The second-order valence-electron chi connectivity index (χ2n) is 19.6. The van der Waals surface area contributed by atoms with Gasteiger partial charge in [0.05, 0.1) is 5.69 Å². The molecule has 10 aromatic carbocycles. The van der Waals surface area contributed by atoms with Crippen LogP contribution in [0.1, 0.15) is 36.8 Å². The Kier molecular flexibility index (Phi) is 9.24. The van der Waals surface area contributed by atoms with Crippen molar-refractivity contribution in [1.82, 2.24) is 0 Å². The minimum absolute atomic E-state index is 0.146. The molecule has 0 saturated heterocycles. The van der Waals surface area contributed by atoms with Crippen molar-refractivity contribution in [2.24, 2.45) is 11.8 Å². The average molecular weight is 884 g/mol. The van der Waals surface area contributed by atoms with Gasteiger partial charge in [0.25, 0.3) is 0 Å². The van der Waals surface area contributed by atoms with Crippen molar-refractivity contribution in [2.75, 3.05) is 4.90 Å². The van der Waals surface area contributed by atoms with E-state index < -0.39 is 0 Å². The van der Waals surface area contributed by atoms with E-state index in [2.05, 4.69) is 229 Å². The van der Waals surface area contributed by atoms with Gasteiger partial charge >= 0.3 is 0 Å². The lowest BCUT2D eigenvalue weighted by atomic mass is 9.66. The van der Waals surface area contributed by atoms with Gasteiger partial charge in [0.15, 0.2) is 0 Å². The summed E-state index contributed by atoms with van der Waals surface area (Å²) in [5, 5.41) is 2.27. The van der Waals surface area contributed by atoms with Crippen LogP contribution in [-0.2, 0) is 5.41 Å². The molecule has 3 aliphatic carbocycles. The lowest BCUT2D eigenvalue weighted by Gasteiger charge is -2.36. The summed E-state index contributed by atoms with van der Waals surface area (Å²) in [5.41, 5.74) is 23.3. The van der Waals surface area contributed by atoms with Gasteiger partial charge in [-0.25, -0.2) is 0 Å².